The summed E-state index contributed by atoms with van der Waals surface area (Å²) in [6.07, 6.45) is 8.69. The minimum absolute atomic E-state index is 0. The molecule has 3 fully saturated rings. The standard InChI is InChI=1S/C20H38N6OS.HI/c1-22-19(24-17-5-9-25(10-6-17)15-18(21)27)23-16-20(7-3-2-4-8-20)26-11-13-28-14-12-26;/h17H,2-16H2,1H3,(H2,21,27)(H2,22,23,24);1H. The predicted octanol–water partition coefficient (Wildman–Crippen LogP) is 1.47. The van der Waals surface area contributed by atoms with Crippen LogP contribution in [0.1, 0.15) is 44.9 Å². The lowest BCUT2D eigenvalue weighted by atomic mass is 9.80. The molecule has 2 aliphatic heterocycles. The highest BCUT2D eigenvalue weighted by Crippen LogP contribution is 2.34. The fourth-order valence-electron chi connectivity index (χ4n) is 4.94. The SMILES string of the molecule is CN=C(NCC1(N2CCSCC2)CCCCC1)NC1CCN(CC(N)=O)CC1.I. The van der Waals surface area contributed by atoms with E-state index in [0.29, 0.717) is 18.1 Å². The van der Waals surface area contributed by atoms with Crippen molar-refractivity contribution in [2.24, 2.45) is 10.7 Å². The Morgan fingerprint density at radius 1 is 1.14 bits per heavy atom. The largest absolute Gasteiger partial charge is 0.369 e. The number of rotatable bonds is 6. The molecule has 0 spiro atoms. The normalized spacial score (nSPS) is 24.5. The lowest BCUT2D eigenvalue weighted by molar-refractivity contribution is -0.119. The maximum Gasteiger partial charge on any atom is 0.231 e. The van der Waals surface area contributed by atoms with E-state index in [4.69, 9.17) is 5.73 Å². The minimum atomic E-state index is -0.238. The third-order valence-corrected chi connectivity index (χ3v) is 7.53. The van der Waals surface area contributed by atoms with Crippen molar-refractivity contribution in [2.45, 2.75) is 56.5 Å². The van der Waals surface area contributed by atoms with Gasteiger partial charge >= 0.3 is 0 Å². The van der Waals surface area contributed by atoms with Crippen LogP contribution in [0.5, 0.6) is 0 Å². The molecular weight excluding hydrogens is 499 g/mol. The van der Waals surface area contributed by atoms with E-state index in [1.807, 2.05) is 7.05 Å². The quantitative estimate of drug-likeness (QED) is 0.270. The molecule has 0 aromatic heterocycles. The summed E-state index contributed by atoms with van der Waals surface area (Å²) >= 11 is 2.09. The third kappa shape index (κ3) is 7.43. The number of likely N-dealkylation sites (tertiary alicyclic amines) is 1. The van der Waals surface area contributed by atoms with Crippen molar-refractivity contribution in [2.75, 3.05) is 57.8 Å². The van der Waals surface area contributed by atoms with Crippen LogP contribution in [0.25, 0.3) is 0 Å². The minimum Gasteiger partial charge on any atom is -0.369 e. The number of nitrogens with two attached hydrogens (primary N) is 1. The third-order valence-electron chi connectivity index (χ3n) is 6.58. The van der Waals surface area contributed by atoms with Crippen LogP contribution in [-0.4, -0.2) is 91.1 Å². The van der Waals surface area contributed by atoms with E-state index in [9.17, 15) is 4.79 Å². The number of primary amides is 1. The Balaban J connectivity index is 0.00000300. The molecule has 1 saturated carbocycles. The lowest BCUT2D eigenvalue weighted by Gasteiger charge is -2.48. The molecule has 0 radical (unpaired) electrons. The second-order valence-corrected chi connectivity index (χ2v) is 9.70. The van der Waals surface area contributed by atoms with Crippen LogP contribution in [0.15, 0.2) is 4.99 Å². The van der Waals surface area contributed by atoms with Crippen molar-refractivity contribution in [3.63, 3.8) is 0 Å². The average molecular weight is 539 g/mol. The van der Waals surface area contributed by atoms with Gasteiger partial charge in [-0.1, -0.05) is 19.3 Å². The van der Waals surface area contributed by atoms with Crippen LogP contribution in [0.2, 0.25) is 0 Å². The van der Waals surface area contributed by atoms with Gasteiger partial charge in [-0.2, -0.15) is 11.8 Å². The molecule has 168 valence electrons. The van der Waals surface area contributed by atoms with Gasteiger partial charge in [-0.25, -0.2) is 0 Å². The molecule has 29 heavy (non-hydrogen) atoms. The lowest BCUT2D eigenvalue weighted by Crippen LogP contribution is -2.60. The zero-order chi connectivity index (χ0) is 19.8. The van der Waals surface area contributed by atoms with Gasteiger partial charge in [0.2, 0.25) is 5.91 Å². The zero-order valence-corrected chi connectivity index (χ0v) is 21.0. The molecular formula is C20H39IN6OS. The van der Waals surface area contributed by atoms with Crippen molar-refractivity contribution >= 4 is 47.6 Å². The van der Waals surface area contributed by atoms with Crippen molar-refractivity contribution < 1.29 is 4.79 Å². The summed E-state index contributed by atoms with van der Waals surface area (Å²) in [4.78, 5) is 20.5. The molecule has 0 atom stereocenters. The van der Waals surface area contributed by atoms with Gasteiger partial charge in [0.15, 0.2) is 5.96 Å². The van der Waals surface area contributed by atoms with Gasteiger partial charge in [0.25, 0.3) is 0 Å². The van der Waals surface area contributed by atoms with E-state index in [1.165, 1.54) is 56.7 Å². The number of halogens is 1. The summed E-state index contributed by atoms with van der Waals surface area (Å²) in [6, 6.07) is 0.406. The van der Waals surface area contributed by atoms with Gasteiger partial charge in [-0.05, 0) is 25.7 Å². The number of nitrogens with one attached hydrogen (secondary N) is 2. The summed E-state index contributed by atoms with van der Waals surface area (Å²) in [5.41, 5.74) is 5.61. The highest BCUT2D eigenvalue weighted by molar-refractivity contribution is 14.0. The zero-order valence-electron chi connectivity index (χ0n) is 17.8. The number of hydrogen-bond acceptors (Lipinski definition) is 5. The van der Waals surface area contributed by atoms with E-state index in [1.54, 1.807) is 0 Å². The molecule has 0 unspecified atom stereocenters. The van der Waals surface area contributed by atoms with E-state index in [2.05, 4.69) is 37.2 Å². The molecule has 3 rings (SSSR count). The second kappa shape index (κ2) is 12.6. The summed E-state index contributed by atoms with van der Waals surface area (Å²) in [7, 11) is 1.86. The molecule has 9 heteroatoms. The van der Waals surface area contributed by atoms with Gasteiger partial charge in [0.05, 0.1) is 6.54 Å². The highest BCUT2D eigenvalue weighted by Gasteiger charge is 2.38. The first kappa shape index (κ1) is 25.0. The Hall–Kier alpha value is -0.260. The van der Waals surface area contributed by atoms with E-state index >= 15 is 0 Å². The number of hydrogen-bond donors (Lipinski definition) is 3. The fraction of sp³-hybridized carbons (Fsp3) is 0.900. The van der Waals surface area contributed by atoms with Crippen molar-refractivity contribution in [3.8, 4) is 0 Å². The number of carbonyl (C=O) groups excluding carboxylic acids is 1. The van der Waals surface area contributed by atoms with E-state index in [0.717, 1.165) is 38.4 Å². The van der Waals surface area contributed by atoms with Gasteiger partial charge in [-0.15, -0.1) is 24.0 Å². The number of piperidine rings is 1. The van der Waals surface area contributed by atoms with Crippen molar-refractivity contribution in [3.05, 3.63) is 0 Å². The molecule has 0 aromatic rings. The molecule has 2 heterocycles. The second-order valence-electron chi connectivity index (χ2n) is 8.47. The maximum atomic E-state index is 11.1. The van der Waals surface area contributed by atoms with Crippen LogP contribution >= 0.6 is 35.7 Å². The van der Waals surface area contributed by atoms with Gasteiger partial charge in [-0.3, -0.25) is 19.6 Å². The molecule has 1 amide bonds. The van der Waals surface area contributed by atoms with Crippen LogP contribution in [0.4, 0.5) is 0 Å². The molecule has 2 saturated heterocycles. The highest BCUT2D eigenvalue weighted by atomic mass is 127. The molecule has 1 aliphatic carbocycles. The maximum absolute atomic E-state index is 11.1. The van der Waals surface area contributed by atoms with Crippen LogP contribution < -0.4 is 16.4 Å². The molecule has 4 N–H and O–H groups in total. The topological polar surface area (TPSA) is 86.0 Å². The summed E-state index contributed by atoms with van der Waals surface area (Å²) in [5.74, 6) is 3.21. The number of amides is 1. The first-order valence-electron chi connectivity index (χ1n) is 10.9. The average Bonchev–Trinajstić information content (AvgIpc) is 2.73. The summed E-state index contributed by atoms with van der Waals surface area (Å²) in [6.45, 7) is 5.61. The Bertz CT molecular complexity index is 529. The summed E-state index contributed by atoms with van der Waals surface area (Å²) < 4.78 is 0. The van der Waals surface area contributed by atoms with Crippen molar-refractivity contribution in [1.82, 2.24) is 20.4 Å². The molecule has 0 aromatic carbocycles. The first-order valence-corrected chi connectivity index (χ1v) is 12.1. The number of carbonyl (C=O) groups is 1. The molecule has 7 nitrogen and oxygen atoms in total. The van der Waals surface area contributed by atoms with Crippen LogP contribution in [0, 0.1) is 0 Å². The van der Waals surface area contributed by atoms with Gasteiger partial charge in [0.1, 0.15) is 0 Å². The number of thioether (sulfide) groups is 1. The van der Waals surface area contributed by atoms with Crippen molar-refractivity contribution in [1.29, 1.82) is 0 Å². The van der Waals surface area contributed by atoms with Gasteiger partial charge < -0.3 is 16.4 Å². The molecule has 3 aliphatic rings. The predicted molar refractivity (Wildman–Crippen MR) is 133 cm³/mol. The smallest absolute Gasteiger partial charge is 0.231 e. The number of nitrogens with zero attached hydrogens (tertiary/aromatic N) is 3. The van der Waals surface area contributed by atoms with Crippen LogP contribution in [0.3, 0.4) is 0 Å². The monoisotopic (exact) mass is 538 g/mol. The first-order chi connectivity index (χ1) is 13.6. The van der Waals surface area contributed by atoms with E-state index < -0.39 is 0 Å². The van der Waals surface area contributed by atoms with Gasteiger partial charge in [0, 0.05) is 62.9 Å². The Kier molecular flexibility index (Phi) is 10.8. The Morgan fingerprint density at radius 2 is 1.79 bits per heavy atom. The molecule has 0 bridgehead atoms. The Labute approximate surface area is 197 Å². The number of guanidine groups is 1. The van der Waals surface area contributed by atoms with Crippen LogP contribution in [-0.2, 0) is 4.79 Å². The van der Waals surface area contributed by atoms with E-state index in [-0.39, 0.29) is 29.9 Å². The number of aliphatic imine (C=N–C) groups is 1. The Morgan fingerprint density at radius 3 is 2.38 bits per heavy atom. The fourth-order valence-corrected chi connectivity index (χ4v) is 5.85. The summed E-state index contributed by atoms with van der Waals surface area (Å²) in [5, 5.41) is 7.28.